The predicted molar refractivity (Wildman–Crippen MR) is 112 cm³/mol. The van der Waals surface area contributed by atoms with Crippen molar-refractivity contribution < 1.29 is 14.4 Å². The van der Waals surface area contributed by atoms with Crippen LogP contribution < -0.4 is 22.1 Å². The Morgan fingerprint density at radius 2 is 2.00 bits per heavy atom. The Morgan fingerprint density at radius 1 is 1.31 bits per heavy atom. The molecule has 2 rings (SSSR count). The van der Waals surface area contributed by atoms with E-state index in [4.69, 9.17) is 17.2 Å². The number of guanidine groups is 1. The fraction of sp³-hybridized carbons (Fsp3) is 0.500. The Hall–Kier alpha value is -2.94. The third-order valence-electron chi connectivity index (χ3n) is 4.92. The largest absolute Gasteiger partial charge is 0.370 e. The van der Waals surface area contributed by atoms with Crippen LogP contribution in [0, 0.1) is 0 Å². The standard InChI is InChI=1S/C20H30N6O3/c1-14(21)18(28)25-12-6-10-17(25)19(29)26(15-7-3-2-4-8-15)16(13-27)9-5-11-24-20(22)23/h2-4,7-8,13-14,16-17H,5-6,9-12,21H2,1H3,(H4,22,23,24)/t14-,16-,17-/m0/s1. The van der Waals surface area contributed by atoms with Crippen LogP contribution in [0.2, 0.25) is 0 Å². The maximum absolute atomic E-state index is 13.5. The Kier molecular flexibility index (Phi) is 8.14. The van der Waals surface area contributed by atoms with E-state index < -0.39 is 18.1 Å². The van der Waals surface area contributed by atoms with E-state index in [1.165, 1.54) is 9.80 Å². The first-order valence-corrected chi connectivity index (χ1v) is 9.81. The van der Waals surface area contributed by atoms with Crippen molar-refractivity contribution in [3.05, 3.63) is 30.3 Å². The molecule has 2 amide bonds. The predicted octanol–water partition coefficient (Wildman–Crippen LogP) is -0.0211. The fourth-order valence-corrected chi connectivity index (χ4v) is 3.55. The third-order valence-corrected chi connectivity index (χ3v) is 4.92. The number of anilines is 1. The van der Waals surface area contributed by atoms with E-state index in [0.29, 0.717) is 44.5 Å². The van der Waals surface area contributed by atoms with Crippen LogP contribution in [0.1, 0.15) is 32.6 Å². The molecule has 0 aliphatic carbocycles. The van der Waals surface area contributed by atoms with Crippen LogP contribution in [-0.2, 0) is 14.4 Å². The molecule has 3 atom stereocenters. The van der Waals surface area contributed by atoms with Gasteiger partial charge in [0, 0.05) is 18.8 Å². The molecule has 0 aromatic heterocycles. The van der Waals surface area contributed by atoms with Crippen LogP contribution >= 0.6 is 0 Å². The highest BCUT2D eigenvalue weighted by Crippen LogP contribution is 2.26. The molecule has 1 saturated heterocycles. The van der Waals surface area contributed by atoms with Crippen molar-refractivity contribution >= 4 is 29.7 Å². The molecule has 158 valence electrons. The van der Waals surface area contributed by atoms with Crippen molar-refractivity contribution in [3.63, 3.8) is 0 Å². The molecular weight excluding hydrogens is 372 g/mol. The first-order chi connectivity index (χ1) is 13.9. The lowest BCUT2D eigenvalue weighted by molar-refractivity contribution is -0.138. The molecule has 29 heavy (non-hydrogen) atoms. The van der Waals surface area contributed by atoms with Gasteiger partial charge in [0.15, 0.2) is 5.96 Å². The van der Waals surface area contributed by atoms with Gasteiger partial charge in [-0.1, -0.05) is 18.2 Å². The number of amides is 2. The van der Waals surface area contributed by atoms with Crippen molar-refractivity contribution in [2.75, 3.05) is 18.0 Å². The number of carbonyl (C=O) groups excluding carboxylic acids is 3. The maximum Gasteiger partial charge on any atom is 0.250 e. The summed E-state index contributed by atoms with van der Waals surface area (Å²) in [6.07, 6.45) is 2.95. The summed E-state index contributed by atoms with van der Waals surface area (Å²) in [5.41, 5.74) is 17.0. The molecule has 6 N–H and O–H groups in total. The van der Waals surface area contributed by atoms with Gasteiger partial charge in [0.25, 0.3) is 0 Å². The zero-order valence-corrected chi connectivity index (χ0v) is 16.7. The number of hydrogen-bond donors (Lipinski definition) is 3. The lowest BCUT2D eigenvalue weighted by Gasteiger charge is -2.34. The minimum atomic E-state index is -0.688. The first kappa shape index (κ1) is 22.4. The molecular formula is C20H30N6O3. The zero-order valence-electron chi connectivity index (χ0n) is 16.7. The molecule has 1 aromatic rings. The van der Waals surface area contributed by atoms with E-state index in [0.717, 1.165) is 6.29 Å². The molecule has 0 spiro atoms. The number of hydrogen-bond acceptors (Lipinski definition) is 5. The molecule has 0 saturated carbocycles. The van der Waals surface area contributed by atoms with Crippen LogP contribution in [0.15, 0.2) is 35.3 Å². The molecule has 9 nitrogen and oxygen atoms in total. The number of nitrogens with two attached hydrogens (primary N) is 3. The van der Waals surface area contributed by atoms with Crippen molar-refractivity contribution in [2.24, 2.45) is 22.2 Å². The fourth-order valence-electron chi connectivity index (χ4n) is 3.55. The van der Waals surface area contributed by atoms with Gasteiger partial charge in [0.2, 0.25) is 11.8 Å². The number of aliphatic imine (C=N–C) groups is 1. The highest BCUT2D eigenvalue weighted by molar-refractivity contribution is 6.02. The van der Waals surface area contributed by atoms with Gasteiger partial charge in [-0.15, -0.1) is 0 Å². The zero-order chi connectivity index (χ0) is 21.4. The van der Waals surface area contributed by atoms with Gasteiger partial charge < -0.3 is 31.8 Å². The Labute approximate surface area is 170 Å². The minimum Gasteiger partial charge on any atom is -0.370 e. The lowest BCUT2D eigenvalue weighted by Crippen LogP contribution is -2.54. The van der Waals surface area contributed by atoms with Gasteiger partial charge in [-0.2, -0.15) is 0 Å². The van der Waals surface area contributed by atoms with Crippen LogP contribution in [0.25, 0.3) is 0 Å². The number of aldehydes is 1. The number of nitrogens with zero attached hydrogens (tertiary/aromatic N) is 3. The van der Waals surface area contributed by atoms with E-state index in [1.807, 2.05) is 6.07 Å². The monoisotopic (exact) mass is 402 g/mol. The summed E-state index contributed by atoms with van der Waals surface area (Å²) in [5, 5.41) is 0. The Balaban J connectivity index is 2.27. The summed E-state index contributed by atoms with van der Waals surface area (Å²) >= 11 is 0. The summed E-state index contributed by atoms with van der Waals surface area (Å²) < 4.78 is 0. The van der Waals surface area contributed by atoms with E-state index >= 15 is 0 Å². The van der Waals surface area contributed by atoms with Crippen molar-refractivity contribution in [3.8, 4) is 0 Å². The van der Waals surface area contributed by atoms with Gasteiger partial charge in [-0.3, -0.25) is 14.6 Å². The summed E-state index contributed by atoms with van der Waals surface area (Å²) in [4.78, 5) is 44.8. The molecule has 1 heterocycles. The highest BCUT2D eigenvalue weighted by Gasteiger charge is 2.39. The van der Waals surface area contributed by atoms with Crippen molar-refractivity contribution in [1.29, 1.82) is 0 Å². The van der Waals surface area contributed by atoms with Gasteiger partial charge in [-0.05, 0) is 44.7 Å². The van der Waals surface area contributed by atoms with Crippen molar-refractivity contribution in [1.82, 2.24) is 4.90 Å². The first-order valence-electron chi connectivity index (χ1n) is 9.81. The Morgan fingerprint density at radius 3 is 2.59 bits per heavy atom. The Bertz CT molecular complexity index is 733. The second kappa shape index (κ2) is 10.6. The van der Waals surface area contributed by atoms with Gasteiger partial charge in [0.1, 0.15) is 12.3 Å². The number of likely N-dealkylation sites (tertiary alicyclic amines) is 1. The average molecular weight is 402 g/mol. The summed E-state index contributed by atoms with van der Waals surface area (Å²) in [5.74, 6) is -0.550. The van der Waals surface area contributed by atoms with Gasteiger partial charge in [0.05, 0.1) is 12.1 Å². The van der Waals surface area contributed by atoms with E-state index in [-0.39, 0.29) is 17.8 Å². The van der Waals surface area contributed by atoms with Gasteiger partial charge >= 0.3 is 0 Å². The van der Waals surface area contributed by atoms with E-state index in [2.05, 4.69) is 4.99 Å². The SMILES string of the molecule is C[C@H](N)C(=O)N1CCC[C@H]1C(=O)N(c1ccccc1)[C@H](C=O)CCCN=C(N)N. The van der Waals surface area contributed by atoms with E-state index in [9.17, 15) is 14.4 Å². The molecule has 1 aliphatic rings. The summed E-state index contributed by atoms with van der Waals surface area (Å²) in [7, 11) is 0. The molecule has 1 aliphatic heterocycles. The second-order valence-electron chi connectivity index (χ2n) is 7.17. The second-order valence-corrected chi connectivity index (χ2v) is 7.17. The summed E-state index contributed by atoms with van der Waals surface area (Å²) in [6, 6.07) is 6.99. The van der Waals surface area contributed by atoms with Crippen LogP contribution in [0.5, 0.6) is 0 Å². The molecule has 0 radical (unpaired) electrons. The molecule has 1 fully saturated rings. The van der Waals surface area contributed by atoms with Gasteiger partial charge in [-0.25, -0.2) is 0 Å². The molecule has 9 heteroatoms. The number of benzene rings is 1. The number of carbonyl (C=O) groups is 3. The quantitative estimate of drug-likeness (QED) is 0.229. The topological polar surface area (TPSA) is 148 Å². The van der Waals surface area contributed by atoms with Crippen LogP contribution in [-0.4, -0.2) is 60.2 Å². The van der Waals surface area contributed by atoms with Crippen LogP contribution in [0.4, 0.5) is 5.69 Å². The third kappa shape index (κ3) is 5.77. The maximum atomic E-state index is 13.5. The molecule has 0 unspecified atom stereocenters. The average Bonchev–Trinajstić information content (AvgIpc) is 3.19. The highest BCUT2D eigenvalue weighted by atomic mass is 16.2. The summed E-state index contributed by atoms with van der Waals surface area (Å²) in [6.45, 7) is 2.45. The smallest absolute Gasteiger partial charge is 0.250 e. The molecule has 0 bridgehead atoms. The van der Waals surface area contributed by atoms with Crippen molar-refractivity contribution in [2.45, 2.75) is 50.7 Å². The molecule has 1 aromatic carbocycles. The number of para-hydroxylation sites is 1. The minimum absolute atomic E-state index is 0.0142. The van der Waals surface area contributed by atoms with E-state index in [1.54, 1.807) is 31.2 Å². The lowest BCUT2D eigenvalue weighted by atomic mass is 10.1. The number of rotatable bonds is 9. The normalized spacial score (nSPS) is 18.0. The van der Waals surface area contributed by atoms with Crippen LogP contribution in [0.3, 0.4) is 0 Å².